The second-order valence-corrected chi connectivity index (χ2v) is 6.01. The lowest BCUT2D eigenvalue weighted by Crippen LogP contribution is -2.40. The third kappa shape index (κ3) is 3.61. The first-order chi connectivity index (χ1) is 10.6. The Kier molecular flexibility index (Phi) is 5.83. The summed E-state index contributed by atoms with van der Waals surface area (Å²) in [6.45, 7) is 8.76. The summed E-state index contributed by atoms with van der Waals surface area (Å²) < 4.78 is 6.80. The number of rotatable bonds is 6. The molecule has 0 aliphatic carbocycles. The third-order valence-corrected chi connectivity index (χ3v) is 4.50. The highest BCUT2D eigenvalue weighted by atomic mass is 16.5. The van der Waals surface area contributed by atoms with Gasteiger partial charge in [-0.05, 0) is 33.1 Å². The predicted octanol–water partition coefficient (Wildman–Crippen LogP) is 2.47. The minimum absolute atomic E-state index is 0.272. The number of esters is 1. The molecule has 1 saturated heterocycles. The molecule has 22 heavy (non-hydrogen) atoms. The van der Waals surface area contributed by atoms with Crippen LogP contribution in [0.4, 0.5) is 5.82 Å². The van der Waals surface area contributed by atoms with Gasteiger partial charge >= 0.3 is 5.97 Å². The van der Waals surface area contributed by atoms with E-state index in [1.54, 1.807) is 11.6 Å². The number of likely N-dealkylation sites (tertiary alicyclic amines) is 1. The van der Waals surface area contributed by atoms with Crippen LogP contribution in [0.25, 0.3) is 0 Å². The Labute approximate surface area is 132 Å². The second kappa shape index (κ2) is 7.63. The molecule has 0 spiro atoms. The highest BCUT2D eigenvalue weighted by Crippen LogP contribution is 2.27. The summed E-state index contributed by atoms with van der Waals surface area (Å²) in [7, 11) is 0. The monoisotopic (exact) mass is 308 g/mol. The molecule has 0 unspecified atom stereocenters. The molecule has 2 heterocycles. The fourth-order valence-electron chi connectivity index (χ4n) is 3.20. The highest BCUT2D eigenvalue weighted by molar-refractivity contribution is 5.93. The van der Waals surface area contributed by atoms with E-state index in [4.69, 9.17) is 10.5 Å². The van der Waals surface area contributed by atoms with Crippen LogP contribution >= 0.6 is 0 Å². The van der Waals surface area contributed by atoms with Crippen molar-refractivity contribution >= 4 is 11.8 Å². The number of anilines is 1. The summed E-state index contributed by atoms with van der Waals surface area (Å²) in [6.07, 6.45) is 6.02. The van der Waals surface area contributed by atoms with Crippen molar-refractivity contribution in [2.24, 2.45) is 0 Å². The molecule has 1 aliphatic heterocycles. The van der Waals surface area contributed by atoms with Crippen molar-refractivity contribution in [2.75, 3.05) is 25.4 Å². The largest absolute Gasteiger partial charge is 0.462 e. The smallest absolute Gasteiger partial charge is 0.343 e. The number of hydrogen-bond acceptors (Lipinski definition) is 5. The van der Waals surface area contributed by atoms with Gasteiger partial charge in [-0.25, -0.2) is 9.48 Å². The van der Waals surface area contributed by atoms with E-state index in [9.17, 15) is 4.79 Å². The highest BCUT2D eigenvalue weighted by Gasteiger charge is 2.26. The molecular weight excluding hydrogens is 280 g/mol. The van der Waals surface area contributed by atoms with Gasteiger partial charge in [0.25, 0.3) is 0 Å². The summed E-state index contributed by atoms with van der Waals surface area (Å²) in [6, 6.07) is 0.907. The van der Waals surface area contributed by atoms with Crippen molar-refractivity contribution in [3.05, 3.63) is 11.8 Å². The number of aromatic nitrogens is 2. The number of nitrogens with zero attached hydrogens (tertiary/aromatic N) is 3. The van der Waals surface area contributed by atoms with Gasteiger partial charge in [0.05, 0.1) is 18.8 Å². The Hall–Kier alpha value is -1.56. The average molecular weight is 308 g/mol. The van der Waals surface area contributed by atoms with Crippen LogP contribution in [0.15, 0.2) is 6.20 Å². The van der Waals surface area contributed by atoms with Gasteiger partial charge in [0.1, 0.15) is 11.4 Å². The Balaban J connectivity index is 1.98. The second-order valence-electron chi connectivity index (χ2n) is 6.01. The number of nitrogens with two attached hydrogens (primary N) is 1. The minimum atomic E-state index is -0.389. The standard InChI is InChI=1S/C16H28N4O2/c1-4-6-12(3)19-9-7-13(8-10-19)20-15(17)14(11-18-20)16(21)22-5-2/h11-13H,4-10,17H2,1-3H3/t12-/m1/s1. The number of nitrogen functional groups attached to an aromatic ring is 1. The predicted molar refractivity (Wildman–Crippen MR) is 86.8 cm³/mol. The fraction of sp³-hybridized carbons (Fsp3) is 0.750. The lowest BCUT2D eigenvalue weighted by Gasteiger charge is -2.36. The van der Waals surface area contributed by atoms with Gasteiger partial charge in [0.15, 0.2) is 0 Å². The molecule has 1 aromatic rings. The molecule has 1 aliphatic rings. The van der Waals surface area contributed by atoms with Crippen molar-refractivity contribution in [1.29, 1.82) is 0 Å². The van der Waals surface area contributed by atoms with E-state index in [1.807, 2.05) is 0 Å². The summed E-state index contributed by atoms with van der Waals surface area (Å²) in [4.78, 5) is 14.3. The van der Waals surface area contributed by atoms with Crippen LogP contribution in [-0.2, 0) is 4.74 Å². The maximum Gasteiger partial charge on any atom is 0.343 e. The summed E-state index contributed by atoms with van der Waals surface area (Å²) in [5.41, 5.74) is 6.47. The van der Waals surface area contributed by atoms with Crippen molar-refractivity contribution in [3.8, 4) is 0 Å². The maximum atomic E-state index is 11.8. The first-order valence-electron chi connectivity index (χ1n) is 8.32. The third-order valence-electron chi connectivity index (χ3n) is 4.50. The summed E-state index contributed by atoms with van der Waals surface area (Å²) >= 11 is 0. The number of carbonyl (C=O) groups excluding carboxylic acids is 1. The first-order valence-corrected chi connectivity index (χ1v) is 8.32. The molecule has 2 N–H and O–H groups in total. The average Bonchev–Trinajstić information content (AvgIpc) is 2.89. The van der Waals surface area contributed by atoms with Crippen LogP contribution in [0.2, 0.25) is 0 Å². The lowest BCUT2D eigenvalue weighted by atomic mass is 10.0. The Morgan fingerprint density at radius 3 is 2.73 bits per heavy atom. The Morgan fingerprint density at radius 1 is 1.45 bits per heavy atom. The van der Waals surface area contributed by atoms with E-state index >= 15 is 0 Å². The molecule has 124 valence electrons. The van der Waals surface area contributed by atoms with Crippen LogP contribution in [0.3, 0.4) is 0 Å². The number of carbonyl (C=O) groups is 1. The Bertz CT molecular complexity index is 492. The molecule has 0 saturated carbocycles. The normalized spacial score (nSPS) is 18.3. The van der Waals surface area contributed by atoms with Crippen LogP contribution < -0.4 is 5.73 Å². The van der Waals surface area contributed by atoms with Crippen molar-refractivity contribution < 1.29 is 9.53 Å². The molecule has 6 nitrogen and oxygen atoms in total. The minimum Gasteiger partial charge on any atom is -0.462 e. The number of piperidine rings is 1. The van der Waals surface area contributed by atoms with Gasteiger partial charge in [0.2, 0.25) is 0 Å². The van der Waals surface area contributed by atoms with E-state index in [-0.39, 0.29) is 12.0 Å². The molecular formula is C16H28N4O2. The van der Waals surface area contributed by atoms with Crippen molar-refractivity contribution in [2.45, 2.75) is 58.5 Å². The zero-order valence-electron chi connectivity index (χ0n) is 13.9. The molecule has 1 aromatic heterocycles. The van der Waals surface area contributed by atoms with Crippen LogP contribution in [0.1, 0.15) is 62.9 Å². The molecule has 0 radical (unpaired) electrons. The summed E-state index contributed by atoms with van der Waals surface area (Å²) in [5, 5.41) is 4.32. The lowest BCUT2D eigenvalue weighted by molar-refractivity contribution is 0.0527. The zero-order valence-corrected chi connectivity index (χ0v) is 13.9. The van der Waals surface area contributed by atoms with Gasteiger partial charge in [-0.3, -0.25) is 0 Å². The first kappa shape index (κ1) is 16.8. The molecule has 1 fully saturated rings. The summed E-state index contributed by atoms with van der Waals surface area (Å²) in [5.74, 6) is 0.0405. The molecule has 1 atom stereocenters. The van der Waals surface area contributed by atoms with Gasteiger partial charge in [0, 0.05) is 19.1 Å². The van der Waals surface area contributed by atoms with Gasteiger partial charge < -0.3 is 15.4 Å². The number of ether oxygens (including phenoxy) is 1. The van der Waals surface area contributed by atoms with Crippen LogP contribution in [0.5, 0.6) is 0 Å². The quantitative estimate of drug-likeness (QED) is 0.817. The van der Waals surface area contributed by atoms with Gasteiger partial charge in [-0.2, -0.15) is 5.10 Å². The van der Waals surface area contributed by atoms with Crippen LogP contribution in [0, 0.1) is 0 Å². The fourth-order valence-corrected chi connectivity index (χ4v) is 3.20. The van der Waals surface area contributed by atoms with Gasteiger partial charge in [-0.1, -0.05) is 13.3 Å². The molecule has 0 amide bonds. The van der Waals surface area contributed by atoms with Crippen LogP contribution in [-0.4, -0.2) is 46.4 Å². The van der Waals surface area contributed by atoms with Crippen molar-refractivity contribution in [3.63, 3.8) is 0 Å². The molecule has 0 bridgehead atoms. The molecule has 6 heteroatoms. The van der Waals surface area contributed by atoms with Gasteiger partial charge in [-0.15, -0.1) is 0 Å². The zero-order chi connectivity index (χ0) is 16.1. The van der Waals surface area contributed by atoms with E-state index in [0.717, 1.165) is 25.9 Å². The van der Waals surface area contributed by atoms with E-state index < -0.39 is 0 Å². The van der Waals surface area contributed by atoms with Crippen molar-refractivity contribution in [1.82, 2.24) is 14.7 Å². The van der Waals surface area contributed by atoms with E-state index in [2.05, 4.69) is 23.8 Å². The maximum absolute atomic E-state index is 11.8. The molecule has 0 aromatic carbocycles. The Morgan fingerprint density at radius 2 is 2.14 bits per heavy atom. The van der Waals surface area contributed by atoms with E-state index in [1.165, 1.54) is 19.0 Å². The number of hydrogen-bond donors (Lipinski definition) is 1. The topological polar surface area (TPSA) is 73.4 Å². The molecule has 2 rings (SSSR count). The van der Waals surface area contributed by atoms with E-state index in [0.29, 0.717) is 24.0 Å². The SMILES string of the molecule is CCC[C@@H](C)N1CCC(n2ncc(C(=O)OCC)c2N)CC1.